The lowest BCUT2D eigenvalue weighted by Crippen LogP contribution is -2.38. The highest BCUT2D eigenvalue weighted by molar-refractivity contribution is 5.78. The fourth-order valence-electron chi connectivity index (χ4n) is 1.33. The van der Waals surface area contributed by atoms with Crippen LogP contribution < -0.4 is 11.1 Å². The fraction of sp³-hybridized carbons (Fsp3) is 0.900. The number of hydrogen-bond acceptors (Lipinski definition) is 3. The maximum Gasteiger partial charge on any atom is 0.224 e. The van der Waals surface area contributed by atoms with Crippen LogP contribution >= 0.6 is 0 Å². The van der Waals surface area contributed by atoms with Gasteiger partial charge in [-0.05, 0) is 19.9 Å². The molecular formula is C10H21N3O. The van der Waals surface area contributed by atoms with Gasteiger partial charge in [0.2, 0.25) is 5.91 Å². The van der Waals surface area contributed by atoms with Crippen molar-refractivity contribution in [2.45, 2.75) is 25.8 Å². The lowest BCUT2D eigenvalue weighted by atomic mass is 10.2. The molecule has 0 aromatic carbocycles. The molecule has 1 atom stereocenters. The van der Waals surface area contributed by atoms with Crippen molar-refractivity contribution in [1.29, 1.82) is 0 Å². The molecule has 1 aliphatic rings. The molecule has 0 bridgehead atoms. The van der Waals surface area contributed by atoms with E-state index in [1.165, 1.54) is 12.8 Å². The van der Waals surface area contributed by atoms with E-state index < -0.39 is 0 Å². The van der Waals surface area contributed by atoms with Gasteiger partial charge in [-0.3, -0.25) is 4.79 Å². The zero-order valence-electron chi connectivity index (χ0n) is 9.12. The monoisotopic (exact) mass is 199 g/mol. The van der Waals surface area contributed by atoms with E-state index in [-0.39, 0.29) is 11.8 Å². The van der Waals surface area contributed by atoms with Gasteiger partial charge in [0.25, 0.3) is 0 Å². The summed E-state index contributed by atoms with van der Waals surface area (Å²) in [5.74, 6) is -0.00192. The van der Waals surface area contributed by atoms with Crippen molar-refractivity contribution in [3.05, 3.63) is 0 Å². The minimum absolute atomic E-state index is 0.0664. The van der Waals surface area contributed by atoms with Crippen molar-refractivity contribution in [1.82, 2.24) is 10.2 Å². The molecule has 0 aliphatic heterocycles. The first-order chi connectivity index (χ1) is 6.65. The van der Waals surface area contributed by atoms with Crippen LogP contribution in [0.4, 0.5) is 0 Å². The highest BCUT2D eigenvalue weighted by Gasteiger charge is 2.25. The quantitative estimate of drug-likeness (QED) is 0.622. The van der Waals surface area contributed by atoms with E-state index in [4.69, 9.17) is 5.73 Å². The van der Waals surface area contributed by atoms with Gasteiger partial charge in [-0.25, -0.2) is 0 Å². The number of carbonyl (C=O) groups is 1. The third kappa shape index (κ3) is 3.64. The average molecular weight is 199 g/mol. The smallest absolute Gasteiger partial charge is 0.224 e. The number of carbonyl (C=O) groups excluding carboxylic acids is 1. The normalized spacial score (nSPS) is 18.3. The molecule has 82 valence electrons. The van der Waals surface area contributed by atoms with Gasteiger partial charge in [0, 0.05) is 31.6 Å². The molecule has 0 spiro atoms. The van der Waals surface area contributed by atoms with Gasteiger partial charge in [-0.15, -0.1) is 0 Å². The van der Waals surface area contributed by atoms with Crippen LogP contribution in [0.25, 0.3) is 0 Å². The summed E-state index contributed by atoms with van der Waals surface area (Å²) in [4.78, 5) is 13.6. The van der Waals surface area contributed by atoms with Gasteiger partial charge in [0.15, 0.2) is 0 Å². The first-order valence-corrected chi connectivity index (χ1v) is 5.33. The van der Waals surface area contributed by atoms with Gasteiger partial charge < -0.3 is 16.0 Å². The Morgan fingerprint density at radius 1 is 1.64 bits per heavy atom. The molecule has 0 saturated heterocycles. The molecule has 1 unspecified atom stereocenters. The molecule has 0 aromatic heterocycles. The SMILES string of the molecule is CC(CN)C(=O)NCCN(C)C1CC1. The van der Waals surface area contributed by atoms with Gasteiger partial charge in [-0.2, -0.15) is 0 Å². The number of nitrogens with zero attached hydrogens (tertiary/aromatic N) is 1. The molecule has 1 amide bonds. The minimum atomic E-state index is -0.0683. The Kier molecular flexibility index (Phi) is 4.35. The van der Waals surface area contributed by atoms with Crippen molar-refractivity contribution >= 4 is 5.91 Å². The van der Waals surface area contributed by atoms with Crippen molar-refractivity contribution < 1.29 is 4.79 Å². The number of nitrogens with one attached hydrogen (secondary N) is 1. The predicted octanol–water partition coefficient (Wildman–Crippen LogP) is -0.208. The summed E-state index contributed by atoms with van der Waals surface area (Å²) in [6, 6.07) is 0.763. The van der Waals surface area contributed by atoms with Crippen molar-refractivity contribution in [3.8, 4) is 0 Å². The van der Waals surface area contributed by atoms with E-state index in [1.807, 2.05) is 6.92 Å². The maximum atomic E-state index is 11.3. The third-order valence-corrected chi connectivity index (χ3v) is 2.74. The van der Waals surface area contributed by atoms with Gasteiger partial charge in [0.1, 0.15) is 0 Å². The maximum absolute atomic E-state index is 11.3. The number of hydrogen-bond donors (Lipinski definition) is 2. The number of amides is 1. The fourth-order valence-corrected chi connectivity index (χ4v) is 1.33. The average Bonchev–Trinajstić information content (AvgIpc) is 2.99. The molecule has 1 saturated carbocycles. The Bertz CT molecular complexity index is 192. The summed E-state index contributed by atoms with van der Waals surface area (Å²) in [6.45, 7) is 3.94. The van der Waals surface area contributed by atoms with Crippen molar-refractivity contribution in [3.63, 3.8) is 0 Å². The zero-order chi connectivity index (χ0) is 10.6. The van der Waals surface area contributed by atoms with E-state index in [0.717, 1.165) is 19.1 Å². The zero-order valence-corrected chi connectivity index (χ0v) is 9.12. The van der Waals surface area contributed by atoms with Crippen molar-refractivity contribution in [2.24, 2.45) is 11.7 Å². The Morgan fingerprint density at radius 2 is 2.29 bits per heavy atom. The molecule has 14 heavy (non-hydrogen) atoms. The lowest BCUT2D eigenvalue weighted by Gasteiger charge is -2.16. The molecule has 0 radical (unpaired) electrons. The summed E-state index contributed by atoms with van der Waals surface area (Å²) in [7, 11) is 2.11. The summed E-state index contributed by atoms with van der Waals surface area (Å²) >= 11 is 0. The molecule has 0 aromatic rings. The molecule has 1 fully saturated rings. The number of nitrogens with two attached hydrogens (primary N) is 1. The van der Waals surface area contributed by atoms with Gasteiger partial charge in [-0.1, -0.05) is 6.92 Å². The Hall–Kier alpha value is -0.610. The van der Waals surface area contributed by atoms with Gasteiger partial charge >= 0.3 is 0 Å². The Balaban J connectivity index is 2.04. The van der Waals surface area contributed by atoms with Crippen LogP contribution in [-0.4, -0.2) is 43.5 Å². The highest BCUT2D eigenvalue weighted by Crippen LogP contribution is 2.24. The minimum Gasteiger partial charge on any atom is -0.355 e. The van der Waals surface area contributed by atoms with E-state index in [0.29, 0.717) is 6.54 Å². The summed E-state index contributed by atoms with van der Waals surface area (Å²) < 4.78 is 0. The lowest BCUT2D eigenvalue weighted by molar-refractivity contribution is -0.124. The second-order valence-corrected chi connectivity index (χ2v) is 4.14. The molecule has 4 nitrogen and oxygen atoms in total. The van der Waals surface area contributed by atoms with E-state index in [1.54, 1.807) is 0 Å². The Morgan fingerprint density at radius 3 is 2.79 bits per heavy atom. The van der Waals surface area contributed by atoms with E-state index >= 15 is 0 Å². The molecule has 1 rings (SSSR count). The van der Waals surface area contributed by atoms with E-state index in [9.17, 15) is 4.79 Å². The molecule has 4 heteroatoms. The van der Waals surface area contributed by atoms with Crippen LogP contribution in [0.15, 0.2) is 0 Å². The molecule has 1 aliphatic carbocycles. The van der Waals surface area contributed by atoms with Crippen molar-refractivity contribution in [2.75, 3.05) is 26.7 Å². The van der Waals surface area contributed by atoms with Crippen LogP contribution in [0.1, 0.15) is 19.8 Å². The van der Waals surface area contributed by atoms with Crippen LogP contribution in [0.2, 0.25) is 0 Å². The van der Waals surface area contributed by atoms with Crippen LogP contribution in [0.3, 0.4) is 0 Å². The summed E-state index contributed by atoms with van der Waals surface area (Å²) in [5, 5.41) is 2.89. The second-order valence-electron chi connectivity index (χ2n) is 4.14. The molecule has 3 N–H and O–H groups in total. The molecule has 0 heterocycles. The first kappa shape index (κ1) is 11.5. The van der Waals surface area contributed by atoms with E-state index in [2.05, 4.69) is 17.3 Å². The van der Waals surface area contributed by atoms with Crippen LogP contribution in [0, 0.1) is 5.92 Å². The highest BCUT2D eigenvalue weighted by atomic mass is 16.1. The van der Waals surface area contributed by atoms with Crippen LogP contribution in [-0.2, 0) is 4.79 Å². The second kappa shape index (κ2) is 5.32. The summed E-state index contributed by atoms with van der Waals surface area (Å²) in [6.07, 6.45) is 2.62. The molecular weight excluding hydrogens is 178 g/mol. The number of rotatable bonds is 6. The largest absolute Gasteiger partial charge is 0.355 e. The number of likely N-dealkylation sites (N-methyl/N-ethyl adjacent to an activating group) is 1. The van der Waals surface area contributed by atoms with Gasteiger partial charge in [0.05, 0.1) is 0 Å². The third-order valence-electron chi connectivity index (χ3n) is 2.74. The standard InChI is InChI=1S/C10H21N3O/c1-8(7-11)10(14)12-5-6-13(2)9-3-4-9/h8-9H,3-7,11H2,1-2H3,(H,12,14). The Labute approximate surface area is 85.8 Å². The van der Waals surface area contributed by atoms with Crippen LogP contribution in [0.5, 0.6) is 0 Å². The topological polar surface area (TPSA) is 58.4 Å². The predicted molar refractivity (Wildman–Crippen MR) is 56.9 cm³/mol. The first-order valence-electron chi connectivity index (χ1n) is 5.33. The summed E-state index contributed by atoms with van der Waals surface area (Å²) in [5.41, 5.74) is 5.39.